The van der Waals surface area contributed by atoms with Gasteiger partial charge in [0.05, 0.1) is 16.8 Å². The lowest BCUT2D eigenvalue weighted by Crippen LogP contribution is -2.29. The summed E-state index contributed by atoms with van der Waals surface area (Å²) in [6.07, 6.45) is 0. The van der Waals surface area contributed by atoms with Gasteiger partial charge in [-0.15, -0.1) is 0 Å². The maximum absolute atomic E-state index is 11.9. The minimum absolute atomic E-state index is 0.339. The summed E-state index contributed by atoms with van der Waals surface area (Å²) in [6.45, 7) is 3.99. The summed E-state index contributed by atoms with van der Waals surface area (Å²) in [5, 5.41) is 11.9. The molecule has 1 amide bonds. The van der Waals surface area contributed by atoms with E-state index in [4.69, 9.17) is 26.3 Å². The van der Waals surface area contributed by atoms with Crippen molar-refractivity contribution in [1.29, 1.82) is 5.26 Å². The molecule has 0 saturated heterocycles. The highest BCUT2D eigenvalue weighted by Gasteiger charge is 2.28. The van der Waals surface area contributed by atoms with Crippen LogP contribution in [0, 0.1) is 16.7 Å². The van der Waals surface area contributed by atoms with E-state index in [1.165, 1.54) is 13.8 Å². The summed E-state index contributed by atoms with van der Waals surface area (Å²) in [6, 6.07) is 5.12. The third-order valence-electron chi connectivity index (χ3n) is 2.73. The molecule has 0 fully saturated rings. The summed E-state index contributed by atoms with van der Waals surface area (Å²) in [7, 11) is 0. The van der Waals surface area contributed by atoms with E-state index in [0.717, 1.165) is 0 Å². The van der Waals surface area contributed by atoms with Gasteiger partial charge in [0.1, 0.15) is 18.6 Å². The largest absolute Gasteiger partial charge is 0.486 e. The first-order chi connectivity index (χ1) is 8.94. The quantitative estimate of drug-likeness (QED) is 0.904. The van der Waals surface area contributed by atoms with Crippen LogP contribution in [-0.2, 0) is 4.79 Å². The fourth-order valence-electron chi connectivity index (χ4n) is 1.49. The topological polar surface area (TPSA) is 71.4 Å². The van der Waals surface area contributed by atoms with Gasteiger partial charge in [-0.1, -0.05) is 11.6 Å². The Morgan fingerprint density at radius 1 is 1.37 bits per heavy atom. The van der Waals surface area contributed by atoms with Gasteiger partial charge in [0, 0.05) is 12.1 Å². The van der Waals surface area contributed by atoms with Crippen LogP contribution in [0.5, 0.6) is 11.5 Å². The molecule has 1 aromatic carbocycles. The molecule has 100 valence electrons. The van der Waals surface area contributed by atoms with Gasteiger partial charge < -0.3 is 14.8 Å². The van der Waals surface area contributed by atoms with Crippen LogP contribution in [0.1, 0.15) is 13.8 Å². The Morgan fingerprint density at radius 2 is 1.95 bits per heavy atom. The minimum Gasteiger partial charge on any atom is -0.486 e. The van der Waals surface area contributed by atoms with Crippen molar-refractivity contribution in [2.45, 2.75) is 13.8 Å². The first-order valence-corrected chi connectivity index (χ1v) is 6.13. The predicted octanol–water partition coefficient (Wildman–Crippen LogP) is 2.60. The highest BCUT2D eigenvalue weighted by Crippen LogP contribution is 2.38. The lowest BCUT2D eigenvalue weighted by atomic mass is 9.94. The maximum Gasteiger partial charge on any atom is 0.244 e. The Hall–Kier alpha value is -1.93. The van der Waals surface area contributed by atoms with Gasteiger partial charge in [-0.2, -0.15) is 5.26 Å². The van der Waals surface area contributed by atoms with Crippen molar-refractivity contribution in [2.75, 3.05) is 18.5 Å². The molecule has 0 aromatic heterocycles. The van der Waals surface area contributed by atoms with Crippen LogP contribution >= 0.6 is 11.6 Å². The summed E-state index contributed by atoms with van der Waals surface area (Å²) in [5.41, 5.74) is -0.726. The van der Waals surface area contributed by atoms with E-state index >= 15 is 0 Å². The molecule has 0 atom stereocenters. The van der Waals surface area contributed by atoms with Crippen LogP contribution in [0.2, 0.25) is 5.02 Å². The van der Waals surface area contributed by atoms with E-state index in [0.29, 0.717) is 35.4 Å². The second kappa shape index (κ2) is 4.98. The van der Waals surface area contributed by atoms with Crippen molar-refractivity contribution >= 4 is 23.2 Å². The Balaban J connectivity index is 2.27. The van der Waals surface area contributed by atoms with Crippen molar-refractivity contribution in [3.05, 3.63) is 17.2 Å². The molecular formula is C13H13ClN2O3. The summed E-state index contributed by atoms with van der Waals surface area (Å²) < 4.78 is 10.8. The monoisotopic (exact) mass is 280 g/mol. The lowest BCUT2D eigenvalue weighted by molar-refractivity contribution is -0.121. The van der Waals surface area contributed by atoms with Crippen LogP contribution in [0.3, 0.4) is 0 Å². The average Bonchev–Trinajstić information content (AvgIpc) is 2.39. The smallest absolute Gasteiger partial charge is 0.244 e. The van der Waals surface area contributed by atoms with E-state index in [-0.39, 0.29) is 0 Å². The van der Waals surface area contributed by atoms with Crippen molar-refractivity contribution in [3.8, 4) is 17.6 Å². The first kappa shape index (κ1) is 13.5. The lowest BCUT2D eigenvalue weighted by Gasteiger charge is -2.21. The number of amides is 1. The van der Waals surface area contributed by atoms with Gasteiger partial charge in [-0.05, 0) is 13.8 Å². The number of nitrogens with zero attached hydrogens (tertiary/aromatic N) is 1. The van der Waals surface area contributed by atoms with E-state index in [2.05, 4.69) is 5.32 Å². The third kappa shape index (κ3) is 2.74. The van der Waals surface area contributed by atoms with E-state index in [1.807, 2.05) is 6.07 Å². The van der Waals surface area contributed by atoms with E-state index in [9.17, 15) is 4.79 Å². The Morgan fingerprint density at radius 3 is 2.53 bits per heavy atom. The molecule has 6 heteroatoms. The third-order valence-corrected chi connectivity index (χ3v) is 3.04. The van der Waals surface area contributed by atoms with Gasteiger partial charge in [-0.25, -0.2) is 0 Å². The molecule has 1 aliphatic heterocycles. The van der Waals surface area contributed by atoms with Crippen LogP contribution in [0.15, 0.2) is 12.1 Å². The number of ether oxygens (including phenoxy) is 2. The summed E-state index contributed by atoms with van der Waals surface area (Å²) in [5.74, 6) is 0.656. The number of nitrogens with one attached hydrogen (secondary N) is 1. The molecule has 0 radical (unpaired) electrons. The molecule has 1 heterocycles. The maximum atomic E-state index is 11.9. The normalized spacial score (nSPS) is 13.6. The molecule has 19 heavy (non-hydrogen) atoms. The van der Waals surface area contributed by atoms with E-state index in [1.54, 1.807) is 12.1 Å². The molecule has 0 bridgehead atoms. The number of rotatable bonds is 2. The van der Waals surface area contributed by atoms with Crippen molar-refractivity contribution in [3.63, 3.8) is 0 Å². The zero-order valence-electron chi connectivity index (χ0n) is 10.6. The van der Waals surface area contributed by atoms with Gasteiger partial charge in [0.15, 0.2) is 11.5 Å². The van der Waals surface area contributed by atoms with Gasteiger partial charge in [0.2, 0.25) is 5.91 Å². The van der Waals surface area contributed by atoms with Gasteiger partial charge >= 0.3 is 0 Å². The summed E-state index contributed by atoms with van der Waals surface area (Å²) in [4.78, 5) is 11.9. The first-order valence-electron chi connectivity index (χ1n) is 5.76. The highest BCUT2D eigenvalue weighted by molar-refractivity contribution is 6.34. The number of halogens is 1. The second-order valence-corrected chi connectivity index (χ2v) is 5.07. The molecule has 0 aliphatic carbocycles. The van der Waals surface area contributed by atoms with Crippen molar-refractivity contribution < 1.29 is 14.3 Å². The SMILES string of the molecule is CC(C)(C#N)C(=O)Nc1cc2c(cc1Cl)OCCO2. The van der Waals surface area contributed by atoms with Crippen LogP contribution in [0.25, 0.3) is 0 Å². The van der Waals surface area contributed by atoms with Crippen LogP contribution < -0.4 is 14.8 Å². The Bertz CT molecular complexity index is 564. The number of hydrogen-bond donors (Lipinski definition) is 1. The number of benzene rings is 1. The van der Waals surface area contributed by atoms with Crippen LogP contribution in [0.4, 0.5) is 5.69 Å². The number of anilines is 1. The summed E-state index contributed by atoms with van der Waals surface area (Å²) >= 11 is 6.07. The number of carbonyl (C=O) groups excluding carboxylic acids is 1. The number of hydrogen-bond acceptors (Lipinski definition) is 4. The second-order valence-electron chi connectivity index (χ2n) is 4.67. The van der Waals surface area contributed by atoms with Crippen LogP contribution in [-0.4, -0.2) is 19.1 Å². The minimum atomic E-state index is -1.13. The average molecular weight is 281 g/mol. The zero-order chi connectivity index (χ0) is 14.0. The Labute approximate surface area is 116 Å². The fourth-order valence-corrected chi connectivity index (χ4v) is 1.69. The molecule has 0 saturated carbocycles. The van der Waals surface area contributed by atoms with Crippen molar-refractivity contribution in [2.24, 2.45) is 5.41 Å². The molecule has 1 aromatic rings. The fraction of sp³-hybridized carbons (Fsp3) is 0.385. The standard InChI is InChI=1S/C13H13ClN2O3/c1-13(2,7-15)12(17)16-9-6-11-10(5-8(9)14)18-3-4-19-11/h5-6H,3-4H2,1-2H3,(H,16,17). The van der Waals surface area contributed by atoms with Gasteiger partial charge in [0.25, 0.3) is 0 Å². The molecule has 0 spiro atoms. The van der Waals surface area contributed by atoms with Gasteiger partial charge in [-0.3, -0.25) is 4.79 Å². The molecule has 5 nitrogen and oxygen atoms in total. The molecule has 2 rings (SSSR count). The number of fused-ring (bicyclic) bond motifs is 1. The molecular weight excluding hydrogens is 268 g/mol. The highest BCUT2D eigenvalue weighted by atomic mass is 35.5. The zero-order valence-corrected chi connectivity index (χ0v) is 11.4. The Kier molecular flexibility index (Phi) is 3.54. The predicted molar refractivity (Wildman–Crippen MR) is 70.5 cm³/mol. The molecule has 1 aliphatic rings. The van der Waals surface area contributed by atoms with E-state index < -0.39 is 11.3 Å². The molecule has 1 N–H and O–H groups in total. The number of nitriles is 1. The molecule has 0 unspecified atom stereocenters. The van der Waals surface area contributed by atoms with Crippen molar-refractivity contribution in [1.82, 2.24) is 0 Å². The number of carbonyl (C=O) groups is 1.